The Morgan fingerprint density at radius 1 is 1.03 bits per heavy atom. The van der Waals surface area contributed by atoms with Gasteiger partial charge >= 0.3 is 6.03 Å². The Bertz CT molecular complexity index is 1090. The summed E-state index contributed by atoms with van der Waals surface area (Å²) in [4.78, 5) is 32.4. The molecule has 0 spiro atoms. The van der Waals surface area contributed by atoms with Gasteiger partial charge in [-0.15, -0.1) is 0 Å². The zero-order valence-corrected chi connectivity index (χ0v) is 18.9. The summed E-state index contributed by atoms with van der Waals surface area (Å²) in [6.45, 7) is 1.62. The van der Waals surface area contributed by atoms with Crippen molar-refractivity contribution in [3.8, 4) is 0 Å². The minimum atomic E-state index is -0.449. The van der Waals surface area contributed by atoms with Crippen LogP contribution in [-0.2, 0) is 4.79 Å². The van der Waals surface area contributed by atoms with Gasteiger partial charge in [-0.05, 0) is 48.9 Å². The SMILES string of the molecule is O=C1C2C3CC(CN3C(=S)NCC3CCCCC3)N2C(=O)N1c1cccc2ccccc12. The van der Waals surface area contributed by atoms with Gasteiger partial charge in [0.2, 0.25) is 0 Å². The van der Waals surface area contributed by atoms with Crippen molar-refractivity contribution in [2.75, 3.05) is 18.0 Å². The number of piperazine rings is 1. The Labute approximate surface area is 193 Å². The highest BCUT2D eigenvalue weighted by Crippen LogP contribution is 2.43. The van der Waals surface area contributed by atoms with Gasteiger partial charge in [-0.25, -0.2) is 9.69 Å². The van der Waals surface area contributed by atoms with E-state index in [1.165, 1.54) is 37.0 Å². The van der Waals surface area contributed by atoms with Crippen molar-refractivity contribution in [2.45, 2.75) is 56.7 Å². The number of rotatable bonds is 3. The Hall–Kier alpha value is -2.67. The Balaban J connectivity index is 1.22. The summed E-state index contributed by atoms with van der Waals surface area (Å²) in [7, 11) is 0. The standard InChI is InChI=1S/C25H28N4O2S/c30-23-22-21-13-18(15-27(21)24(32)26-14-16-7-2-1-3-8-16)28(22)25(31)29(23)20-12-6-10-17-9-4-5-11-19(17)20/h4-6,9-12,16,18,21-22H,1-3,7-8,13-15H2,(H,26,32). The van der Waals surface area contributed by atoms with Crippen LogP contribution in [0.4, 0.5) is 10.5 Å². The quantitative estimate of drug-likeness (QED) is 0.570. The molecule has 3 saturated heterocycles. The van der Waals surface area contributed by atoms with Gasteiger partial charge in [-0.2, -0.15) is 0 Å². The molecule has 3 amide bonds. The second kappa shape index (κ2) is 7.73. The third-order valence-corrected chi connectivity index (χ3v) is 8.18. The number of hydrogen-bond donors (Lipinski definition) is 1. The summed E-state index contributed by atoms with van der Waals surface area (Å²) >= 11 is 5.75. The van der Waals surface area contributed by atoms with Crippen LogP contribution in [0.1, 0.15) is 38.5 Å². The molecule has 0 radical (unpaired) electrons. The number of fused-ring (bicyclic) bond motifs is 6. The number of amides is 3. The van der Waals surface area contributed by atoms with Crippen molar-refractivity contribution < 1.29 is 9.59 Å². The van der Waals surface area contributed by atoms with Crippen LogP contribution in [0.2, 0.25) is 0 Å². The third kappa shape index (κ3) is 3.01. The van der Waals surface area contributed by atoms with Gasteiger partial charge in [-0.1, -0.05) is 55.7 Å². The van der Waals surface area contributed by atoms with E-state index >= 15 is 0 Å². The summed E-state index contributed by atoms with van der Waals surface area (Å²) in [5, 5.41) is 6.17. The molecule has 1 N–H and O–H groups in total. The first-order valence-electron chi connectivity index (χ1n) is 11.8. The third-order valence-electron chi connectivity index (χ3n) is 7.80. The van der Waals surface area contributed by atoms with Gasteiger partial charge in [0.15, 0.2) is 5.11 Å². The molecule has 2 aromatic rings. The van der Waals surface area contributed by atoms with Crippen LogP contribution in [0.5, 0.6) is 0 Å². The maximum atomic E-state index is 13.6. The van der Waals surface area contributed by atoms with E-state index in [0.717, 1.165) is 28.9 Å². The van der Waals surface area contributed by atoms with Gasteiger partial charge in [0.25, 0.3) is 5.91 Å². The van der Waals surface area contributed by atoms with E-state index < -0.39 is 6.04 Å². The van der Waals surface area contributed by atoms with Crippen molar-refractivity contribution in [1.29, 1.82) is 0 Å². The highest BCUT2D eigenvalue weighted by Gasteiger charge is 2.62. The number of benzene rings is 2. The fraction of sp³-hybridized carbons (Fsp3) is 0.480. The Morgan fingerprint density at radius 3 is 2.66 bits per heavy atom. The van der Waals surface area contributed by atoms with E-state index in [4.69, 9.17) is 12.2 Å². The van der Waals surface area contributed by atoms with Gasteiger partial charge in [0.1, 0.15) is 6.04 Å². The smallest absolute Gasteiger partial charge is 0.332 e. The van der Waals surface area contributed by atoms with E-state index in [2.05, 4.69) is 10.2 Å². The molecule has 1 aliphatic carbocycles. The maximum Gasteiger partial charge on any atom is 0.332 e. The van der Waals surface area contributed by atoms with Crippen LogP contribution < -0.4 is 10.2 Å². The monoisotopic (exact) mass is 448 g/mol. The van der Waals surface area contributed by atoms with Crippen molar-refractivity contribution in [3.63, 3.8) is 0 Å². The minimum Gasteiger partial charge on any atom is -0.362 e. The summed E-state index contributed by atoms with van der Waals surface area (Å²) < 4.78 is 0. The van der Waals surface area contributed by atoms with Gasteiger partial charge in [0.05, 0.1) is 17.8 Å². The van der Waals surface area contributed by atoms with Crippen LogP contribution >= 0.6 is 12.2 Å². The fourth-order valence-electron chi connectivity index (χ4n) is 6.24. The molecule has 0 aromatic heterocycles. The first kappa shape index (κ1) is 20.0. The number of carbonyl (C=O) groups excluding carboxylic acids is 2. The lowest BCUT2D eigenvalue weighted by molar-refractivity contribution is -0.120. The Kier molecular flexibility index (Phi) is 4.82. The lowest BCUT2D eigenvalue weighted by Gasteiger charge is -2.37. The maximum absolute atomic E-state index is 13.6. The number of nitrogens with one attached hydrogen (secondary N) is 1. The van der Waals surface area contributed by atoms with E-state index in [-0.39, 0.29) is 24.0 Å². The molecule has 4 fully saturated rings. The molecule has 2 bridgehead atoms. The topological polar surface area (TPSA) is 55.9 Å². The van der Waals surface area contributed by atoms with E-state index in [1.807, 2.05) is 47.4 Å². The molecule has 3 aliphatic heterocycles. The van der Waals surface area contributed by atoms with Crippen molar-refractivity contribution >= 4 is 45.7 Å². The molecule has 166 valence electrons. The second-order valence-electron chi connectivity index (χ2n) is 9.61. The number of anilines is 1. The van der Waals surface area contributed by atoms with Gasteiger partial charge < -0.3 is 15.1 Å². The highest BCUT2D eigenvalue weighted by molar-refractivity contribution is 7.80. The predicted molar refractivity (Wildman–Crippen MR) is 129 cm³/mol. The first-order chi connectivity index (χ1) is 15.6. The average Bonchev–Trinajstić information content (AvgIpc) is 3.49. The lowest BCUT2D eigenvalue weighted by Crippen LogP contribution is -2.57. The predicted octanol–water partition coefficient (Wildman–Crippen LogP) is 3.89. The molecule has 6 nitrogen and oxygen atoms in total. The lowest BCUT2D eigenvalue weighted by atomic mass is 9.89. The van der Waals surface area contributed by atoms with E-state index in [1.54, 1.807) is 0 Å². The molecule has 6 rings (SSSR count). The van der Waals surface area contributed by atoms with Gasteiger partial charge in [-0.3, -0.25) is 4.79 Å². The molecule has 1 saturated carbocycles. The summed E-state index contributed by atoms with van der Waals surface area (Å²) in [6.07, 6.45) is 7.32. The van der Waals surface area contributed by atoms with Crippen molar-refractivity contribution in [2.24, 2.45) is 5.92 Å². The number of likely N-dealkylation sites (tertiary alicyclic amines) is 1. The van der Waals surface area contributed by atoms with Crippen molar-refractivity contribution in [3.05, 3.63) is 42.5 Å². The molecule has 2 aromatic carbocycles. The first-order valence-corrected chi connectivity index (χ1v) is 12.2. The van der Waals surface area contributed by atoms with Crippen LogP contribution in [-0.4, -0.2) is 58.1 Å². The minimum absolute atomic E-state index is 0.0378. The molecule has 32 heavy (non-hydrogen) atoms. The van der Waals surface area contributed by atoms with Crippen molar-refractivity contribution in [1.82, 2.24) is 15.1 Å². The van der Waals surface area contributed by atoms with Crippen LogP contribution in [0.25, 0.3) is 10.8 Å². The number of urea groups is 1. The number of thiocarbonyl (C=S) groups is 1. The molecular formula is C25H28N4O2S. The summed E-state index contributed by atoms with van der Waals surface area (Å²) in [5.74, 6) is 0.563. The van der Waals surface area contributed by atoms with Gasteiger partial charge in [0, 0.05) is 18.5 Å². The van der Waals surface area contributed by atoms with Crippen LogP contribution in [0, 0.1) is 5.92 Å². The highest BCUT2D eigenvalue weighted by atomic mass is 32.1. The Morgan fingerprint density at radius 2 is 1.81 bits per heavy atom. The fourth-order valence-corrected chi connectivity index (χ4v) is 6.53. The molecule has 3 heterocycles. The molecule has 7 heteroatoms. The normalized spacial score (nSPS) is 27.5. The van der Waals surface area contributed by atoms with E-state index in [0.29, 0.717) is 18.2 Å². The number of carbonyl (C=O) groups is 2. The van der Waals surface area contributed by atoms with E-state index in [9.17, 15) is 9.59 Å². The molecule has 4 aliphatic rings. The zero-order chi connectivity index (χ0) is 21.8. The second-order valence-corrected chi connectivity index (χ2v) is 9.99. The number of imide groups is 1. The molecule has 3 atom stereocenters. The largest absolute Gasteiger partial charge is 0.362 e. The number of hydrogen-bond acceptors (Lipinski definition) is 3. The average molecular weight is 449 g/mol. The van der Waals surface area contributed by atoms with Crippen LogP contribution in [0.15, 0.2) is 42.5 Å². The summed E-state index contributed by atoms with van der Waals surface area (Å²) in [5.41, 5.74) is 0.677. The zero-order valence-electron chi connectivity index (χ0n) is 18.1. The molecule has 3 unspecified atom stereocenters. The summed E-state index contributed by atoms with van der Waals surface area (Å²) in [6, 6.07) is 13.0. The number of nitrogens with zero attached hydrogens (tertiary/aromatic N) is 3. The van der Waals surface area contributed by atoms with Crippen LogP contribution in [0.3, 0.4) is 0 Å². The molecular weight excluding hydrogens is 420 g/mol.